The summed E-state index contributed by atoms with van der Waals surface area (Å²) in [5.41, 5.74) is 1.13. The van der Waals surface area contributed by atoms with Gasteiger partial charge in [0, 0.05) is 0 Å². The molecule has 2 atom stereocenters. The standard InChI is InChI=1S/C15H17BrO4/c1-2-19-15(17)12(16)8-13-14(20-13)10-18-9-11-6-4-3-5-7-11/h3-8,13-14H,2,9-10H2,1H3/b12-8+. The van der Waals surface area contributed by atoms with E-state index in [0.717, 1.165) is 5.56 Å². The highest BCUT2D eigenvalue weighted by Crippen LogP contribution is 2.26. The van der Waals surface area contributed by atoms with Gasteiger partial charge >= 0.3 is 5.97 Å². The van der Waals surface area contributed by atoms with Gasteiger partial charge in [0.25, 0.3) is 0 Å². The van der Waals surface area contributed by atoms with E-state index in [-0.39, 0.29) is 18.2 Å². The van der Waals surface area contributed by atoms with E-state index >= 15 is 0 Å². The number of carbonyl (C=O) groups excluding carboxylic acids is 1. The minimum atomic E-state index is -0.369. The predicted octanol–water partition coefficient (Wildman–Crippen LogP) is 2.81. The van der Waals surface area contributed by atoms with Gasteiger partial charge in [-0.3, -0.25) is 0 Å². The lowest BCUT2D eigenvalue weighted by atomic mass is 10.2. The molecule has 0 spiro atoms. The van der Waals surface area contributed by atoms with Crippen LogP contribution in [-0.2, 0) is 25.6 Å². The van der Waals surface area contributed by atoms with Gasteiger partial charge in [0.05, 0.1) is 19.8 Å². The van der Waals surface area contributed by atoms with Gasteiger partial charge < -0.3 is 14.2 Å². The number of hydrogen-bond acceptors (Lipinski definition) is 4. The summed E-state index contributed by atoms with van der Waals surface area (Å²) in [6.45, 7) is 3.21. The summed E-state index contributed by atoms with van der Waals surface area (Å²) in [5.74, 6) is -0.369. The molecule has 0 amide bonds. The minimum Gasteiger partial charge on any atom is -0.462 e. The molecule has 0 aliphatic carbocycles. The molecule has 2 rings (SSSR count). The van der Waals surface area contributed by atoms with Crippen LogP contribution in [0, 0.1) is 0 Å². The van der Waals surface area contributed by atoms with Crippen molar-refractivity contribution in [3.8, 4) is 0 Å². The Morgan fingerprint density at radius 3 is 2.85 bits per heavy atom. The van der Waals surface area contributed by atoms with Crippen LogP contribution in [0.5, 0.6) is 0 Å². The highest BCUT2D eigenvalue weighted by molar-refractivity contribution is 9.12. The first-order chi connectivity index (χ1) is 9.70. The molecule has 1 aliphatic heterocycles. The van der Waals surface area contributed by atoms with Crippen LogP contribution < -0.4 is 0 Å². The molecule has 0 aromatic heterocycles. The second-order valence-electron chi connectivity index (χ2n) is 4.37. The smallest absolute Gasteiger partial charge is 0.344 e. The van der Waals surface area contributed by atoms with E-state index in [2.05, 4.69) is 15.9 Å². The van der Waals surface area contributed by atoms with E-state index in [9.17, 15) is 4.79 Å². The van der Waals surface area contributed by atoms with Crippen molar-refractivity contribution in [1.29, 1.82) is 0 Å². The molecule has 5 heteroatoms. The Labute approximate surface area is 126 Å². The second-order valence-corrected chi connectivity index (χ2v) is 5.23. The van der Waals surface area contributed by atoms with Gasteiger partial charge in [-0.15, -0.1) is 0 Å². The highest BCUT2D eigenvalue weighted by atomic mass is 79.9. The Balaban J connectivity index is 1.68. The van der Waals surface area contributed by atoms with Gasteiger partial charge in [-0.25, -0.2) is 4.79 Å². The van der Waals surface area contributed by atoms with Crippen LogP contribution in [0.1, 0.15) is 12.5 Å². The number of ether oxygens (including phenoxy) is 3. The molecule has 1 fully saturated rings. The Morgan fingerprint density at radius 1 is 1.40 bits per heavy atom. The average Bonchev–Trinajstić information content (AvgIpc) is 3.18. The predicted molar refractivity (Wildman–Crippen MR) is 78.4 cm³/mol. The number of carbonyl (C=O) groups is 1. The van der Waals surface area contributed by atoms with Crippen LogP contribution in [0.2, 0.25) is 0 Å². The molecule has 1 heterocycles. The quantitative estimate of drug-likeness (QED) is 0.435. The molecule has 20 heavy (non-hydrogen) atoms. The van der Waals surface area contributed by atoms with E-state index in [1.807, 2.05) is 30.3 Å². The Bertz CT molecular complexity index is 472. The van der Waals surface area contributed by atoms with Gasteiger partial charge in [0.15, 0.2) is 0 Å². The van der Waals surface area contributed by atoms with E-state index in [4.69, 9.17) is 14.2 Å². The highest BCUT2D eigenvalue weighted by Gasteiger charge is 2.37. The molecule has 0 saturated carbocycles. The molecule has 0 radical (unpaired) electrons. The fraction of sp³-hybridized carbons (Fsp3) is 0.400. The maximum Gasteiger partial charge on any atom is 0.344 e. The first-order valence-corrected chi connectivity index (χ1v) is 7.31. The Kier molecular flexibility index (Phi) is 5.76. The zero-order valence-electron chi connectivity index (χ0n) is 11.3. The molecule has 4 nitrogen and oxygen atoms in total. The van der Waals surface area contributed by atoms with Gasteiger partial charge in [-0.1, -0.05) is 30.3 Å². The lowest BCUT2D eigenvalue weighted by Gasteiger charge is -2.01. The summed E-state index contributed by atoms with van der Waals surface area (Å²) in [5, 5.41) is 0. The minimum absolute atomic E-state index is 0.0145. The lowest BCUT2D eigenvalue weighted by Crippen LogP contribution is -2.07. The molecule has 1 aromatic carbocycles. The van der Waals surface area contributed by atoms with Crippen molar-refractivity contribution in [3.05, 3.63) is 46.5 Å². The van der Waals surface area contributed by atoms with E-state index in [1.165, 1.54) is 0 Å². The van der Waals surface area contributed by atoms with Gasteiger partial charge in [-0.05, 0) is 34.5 Å². The summed E-state index contributed by atoms with van der Waals surface area (Å²) in [4.78, 5) is 11.4. The van der Waals surface area contributed by atoms with Crippen molar-refractivity contribution in [2.45, 2.75) is 25.7 Å². The second kappa shape index (κ2) is 7.57. The van der Waals surface area contributed by atoms with Crippen LogP contribution in [-0.4, -0.2) is 31.4 Å². The van der Waals surface area contributed by atoms with Gasteiger partial charge in [-0.2, -0.15) is 0 Å². The number of benzene rings is 1. The van der Waals surface area contributed by atoms with Crippen molar-refractivity contribution in [3.63, 3.8) is 0 Å². The number of esters is 1. The number of rotatable bonds is 7. The Morgan fingerprint density at radius 2 is 2.15 bits per heavy atom. The maximum absolute atomic E-state index is 11.4. The summed E-state index contributed by atoms with van der Waals surface area (Å²) >= 11 is 3.18. The molecule has 1 aromatic rings. The SMILES string of the molecule is CCOC(=O)/C(Br)=C\C1OC1COCc1ccccc1. The zero-order chi connectivity index (χ0) is 14.4. The molecule has 108 valence electrons. The van der Waals surface area contributed by atoms with Gasteiger partial charge in [0.1, 0.15) is 16.7 Å². The normalized spacial score (nSPS) is 21.6. The molecular formula is C15H17BrO4. The molecule has 1 aliphatic rings. The largest absolute Gasteiger partial charge is 0.462 e. The summed E-state index contributed by atoms with van der Waals surface area (Å²) in [6, 6.07) is 9.97. The van der Waals surface area contributed by atoms with Crippen LogP contribution in [0.25, 0.3) is 0 Å². The van der Waals surface area contributed by atoms with Crippen LogP contribution in [0.3, 0.4) is 0 Å². The van der Waals surface area contributed by atoms with E-state index < -0.39 is 0 Å². The number of epoxide rings is 1. The third kappa shape index (κ3) is 4.74. The number of halogens is 1. The third-order valence-electron chi connectivity index (χ3n) is 2.80. The van der Waals surface area contributed by atoms with Crippen LogP contribution in [0.4, 0.5) is 0 Å². The third-order valence-corrected chi connectivity index (χ3v) is 3.38. The van der Waals surface area contributed by atoms with E-state index in [1.54, 1.807) is 13.0 Å². The Hall–Kier alpha value is -1.17. The van der Waals surface area contributed by atoms with Crippen LogP contribution >= 0.6 is 15.9 Å². The topological polar surface area (TPSA) is 48.1 Å². The summed E-state index contributed by atoms with van der Waals surface area (Å²) in [6.07, 6.45) is 1.65. The summed E-state index contributed by atoms with van der Waals surface area (Å²) in [7, 11) is 0. The molecule has 0 N–H and O–H groups in total. The first-order valence-electron chi connectivity index (χ1n) is 6.52. The van der Waals surface area contributed by atoms with Crippen molar-refractivity contribution in [2.24, 2.45) is 0 Å². The molecule has 0 bridgehead atoms. The zero-order valence-corrected chi connectivity index (χ0v) is 12.8. The summed E-state index contributed by atoms with van der Waals surface area (Å²) < 4.78 is 16.3. The lowest BCUT2D eigenvalue weighted by molar-refractivity contribution is -0.137. The van der Waals surface area contributed by atoms with Crippen molar-refractivity contribution in [2.75, 3.05) is 13.2 Å². The average molecular weight is 341 g/mol. The van der Waals surface area contributed by atoms with Crippen molar-refractivity contribution in [1.82, 2.24) is 0 Å². The van der Waals surface area contributed by atoms with Crippen molar-refractivity contribution >= 4 is 21.9 Å². The molecular weight excluding hydrogens is 324 g/mol. The fourth-order valence-corrected chi connectivity index (χ4v) is 2.09. The molecule has 1 saturated heterocycles. The fourth-order valence-electron chi connectivity index (χ4n) is 1.72. The first kappa shape index (κ1) is 15.2. The number of hydrogen-bond donors (Lipinski definition) is 0. The maximum atomic E-state index is 11.4. The van der Waals surface area contributed by atoms with Crippen molar-refractivity contribution < 1.29 is 19.0 Å². The molecule has 2 unspecified atom stereocenters. The van der Waals surface area contributed by atoms with Crippen LogP contribution in [0.15, 0.2) is 40.9 Å². The van der Waals surface area contributed by atoms with E-state index in [0.29, 0.717) is 24.3 Å². The monoisotopic (exact) mass is 340 g/mol. The van der Waals surface area contributed by atoms with Gasteiger partial charge in [0.2, 0.25) is 0 Å².